The van der Waals surface area contributed by atoms with E-state index < -0.39 is 37.2 Å². The molecule has 8 rings (SSSR count). The maximum atomic E-state index is 13.8. The number of nitrogens with zero attached hydrogens (tertiary/aromatic N) is 4. The van der Waals surface area contributed by atoms with Gasteiger partial charge in [-0.15, -0.1) is 0 Å². The summed E-state index contributed by atoms with van der Waals surface area (Å²) in [6.07, 6.45) is 13.8. The monoisotopic (exact) mass is 822 g/mol. The minimum Gasteiger partial charge on any atom is -0.455 e. The van der Waals surface area contributed by atoms with Crippen molar-refractivity contribution in [3.63, 3.8) is 0 Å². The summed E-state index contributed by atoms with van der Waals surface area (Å²) in [6, 6.07) is 16.9. The van der Waals surface area contributed by atoms with Gasteiger partial charge in [0.15, 0.2) is 0 Å². The van der Waals surface area contributed by atoms with E-state index in [1.807, 2.05) is 18.2 Å². The van der Waals surface area contributed by atoms with Gasteiger partial charge in [-0.3, -0.25) is 25.2 Å². The Morgan fingerprint density at radius 3 is 2.57 bits per heavy atom. The largest absolute Gasteiger partial charge is 0.455 e. The first kappa shape index (κ1) is 39.1. The molecule has 0 unspecified atom stereocenters. The minimum atomic E-state index is -4.64. The summed E-state index contributed by atoms with van der Waals surface area (Å²) in [4.78, 5) is 36.3. The van der Waals surface area contributed by atoms with Crippen molar-refractivity contribution in [2.75, 3.05) is 44.7 Å². The predicted octanol–water partition coefficient (Wildman–Crippen LogP) is 7.18. The van der Waals surface area contributed by atoms with E-state index in [2.05, 4.69) is 41.9 Å². The fourth-order valence-electron chi connectivity index (χ4n) is 8.33. The molecule has 2 aromatic heterocycles. The van der Waals surface area contributed by atoms with E-state index in [0.717, 1.165) is 73.8 Å². The number of H-pyrrole nitrogens is 1. The first-order chi connectivity index (χ1) is 27.9. The third-order valence-electron chi connectivity index (χ3n) is 11.7. The number of piperazine rings is 1. The van der Waals surface area contributed by atoms with Crippen molar-refractivity contribution in [1.82, 2.24) is 24.9 Å². The zero-order valence-corrected chi connectivity index (χ0v) is 33.5. The number of nitro groups is 1. The lowest BCUT2D eigenvalue weighted by Gasteiger charge is -2.47. The number of sulfonamides is 1. The van der Waals surface area contributed by atoms with Crippen LogP contribution in [0, 0.1) is 20.9 Å². The number of benzene rings is 2. The van der Waals surface area contributed by atoms with Gasteiger partial charge in [0.2, 0.25) is 0 Å². The lowest BCUT2D eigenvalue weighted by Crippen LogP contribution is -2.47. The van der Waals surface area contributed by atoms with Crippen LogP contribution in [0.5, 0.6) is 11.5 Å². The number of nitrogens with one attached hydrogen (secondary N) is 4. The van der Waals surface area contributed by atoms with Crippen LogP contribution in [-0.2, 0) is 10.0 Å². The lowest BCUT2D eigenvalue weighted by molar-refractivity contribution is -0.415. The molecule has 4 N–H and O–H groups in total. The Balaban J connectivity index is 1.03. The highest BCUT2D eigenvalue weighted by Crippen LogP contribution is 2.55. The van der Waals surface area contributed by atoms with E-state index in [-0.39, 0.29) is 16.9 Å². The lowest BCUT2D eigenvalue weighted by atomic mass is 9.59. The number of rotatable bonds is 11. The molecular formula is C42H43ClN8O6S. The Morgan fingerprint density at radius 2 is 1.86 bits per heavy atom. The maximum Gasteiger partial charge on any atom is 0.296 e. The highest BCUT2D eigenvalue weighted by molar-refractivity contribution is 7.94. The molecule has 0 radical (unpaired) electrons. The molecule has 58 heavy (non-hydrogen) atoms. The van der Waals surface area contributed by atoms with Crippen molar-refractivity contribution < 1.29 is 22.9 Å². The number of carbonyl (C=O) groups is 1. The second-order valence-electron chi connectivity index (χ2n) is 15.3. The fourth-order valence-corrected chi connectivity index (χ4v) is 9.48. The Labute approximate surface area is 341 Å². The van der Waals surface area contributed by atoms with Crippen LogP contribution in [0.3, 0.4) is 0 Å². The molecule has 4 aliphatic rings. The van der Waals surface area contributed by atoms with Crippen molar-refractivity contribution in [2.24, 2.45) is 5.41 Å². The molecule has 1 saturated carbocycles. The Hall–Kier alpha value is -5.77. The Kier molecular flexibility index (Phi) is 10.7. The zero-order valence-electron chi connectivity index (χ0n) is 31.9. The molecule has 2 fully saturated rings. The van der Waals surface area contributed by atoms with Gasteiger partial charge in [-0.2, -0.15) is 0 Å². The maximum absolute atomic E-state index is 13.8. The minimum absolute atomic E-state index is 0.0369. The van der Waals surface area contributed by atoms with Gasteiger partial charge in [0, 0.05) is 86.0 Å². The van der Waals surface area contributed by atoms with Crippen molar-refractivity contribution in [3.05, 3.63) is 133 Å². The standard InChI is InChI=1S/C42H43ClN8O6S/c1-45-24-30-20-34(22-37(39(30)44)51(53)54)58(55,56)48-41(52)35-8-7-32(21-38(35)57-33-19-28-10-14-46-40(28)47-25-33)50-17-15-49(16-18-50)26-29-9-13-42(11-2-12-42)23-36(29)27-3-5-31(43)6-4-27/h3-8,10,14,19-22,24-25,44-45H,2,9,11-13,15-18,23,26H2,1H3,(H,46,47)(H,48,52)/b30-24-,44-39?. The van der Waals surface area contributed by atoms with Crippen molar-refractivity contribution in [1.29, 1.82) is 5.41 Å². The van der Waals surface area contributed by atoms with Gasteiger partial charge in [0.1, 0.15) is 22.9 Å². The summed E-state index contributed by atoms with van der Waals surface area (Å²) in [5.74, 6) is -0.563. The first-order valence-corrected chi connectivity index (χ1v) is 21.1. The molecule has 1 amide bonds. The smallest absolute Gasteiger partial charge is 0.296 e. The molecule has 3 heterocycles. The number of pyridine rings is 1. The van der Waals surface area contributed by atoms with Crippen LogP contribution in [0.15, 0.2) is 107 Å². The van der Waals surface area contributed by atoms with Crippen molar-refractivity contribution in [2.45, 2.75) is 38.5 Å². The summed E-state index contributed by atoms with van der Waals surface area (Å²) in [5, 5.41) is 24.0. The average molecular weight is 823 g/mol. The number of fused-ring (bicyclic) bond motifs is 1. The molecule has 1 spiro atoms. The molecule has 300 valence electrons. The number of halogens is 1. The number of aromatic amines is 1. The molecule has 2 aromatic carbocycles. The van der Waals surface area contributed by atoms with Gasteiger partial charge in [-0.25, -0.2) is 18.1 Å². The molecule has 1 aliphatic heterocycles. The summed E-state index contributed by atoms with van der Waals surface area (Å²) in [7, 11) is -3.13. The molecule has 1 saturated heterocycles. The van der Waals surface area contributed by atoms with Gasteiger partial charge >= 0.3 is 0 Å². The molecular weight excluding hydrogens is 780 g/mol. The number of hydrogen-bond donors (Lipinski definition) is 4. The normalized spacial score (nSPS) is 19.2. The van der Waals surface area contributed by atoms with Gasteiger partial charge in [0.05, 0.1) is 21.6 Å². The first-order valence-electron chi connectivity index (χ1n) is 19.2. The zero-order chi connectivity index (χ0) is 40.6. The molecule has 0 atom stereocenters. The SMILES string of the molecule is CN/C=C1/C=C(S(=O)(=O)NC(=O)c2ccc(N3CCN(CC4=C(c5ccc(Cl)cc5)CC5(CCC5)CC4)CC3)cc2Oc2cnc3[nH]ccc3c2)C=C([N+](=O)[O-])C1=N. The third kappa shape index (κ3) is 8.02. The number of carbonyl (C=O) groups excluding carboxylic acids is 1. The van der Waals surface area contributed by atoms with Crippen LogP contribution in [0.25, 0.3) is 16.6 Å². The van der Waals surface area contributed by atoms with E-state index in [9.17, 15) is 23.3 Å². The van der Waals surface area contributed by atoms with Crippen LogP contribution in [0.4, 0.5) is 5.69 Å². The molecule has 16 heteroatoms. The summed E-state index contributed by atoms with van der Waals surface area (Å²) >= 11 is 6.26. The van der Waals surface area contributed by atoms with Gasteiger partial charge in [-0.1, -0.05) is 35.7 Å². The van der Waals surface area contributed by atoms with E-state index in [0.29, 0.717) is 16.8 Å². The Bertz CT molecular complexity index is 2550. The van der Waals surface area contributed by atoms with Gasteiger partial charge < -0.3 is 19.9 Å². The number of ether oxygens (including phenoxy) is 1. The van der Waals surface area contributed by atoms with Crippen LogP contribution >= 0.6 is 11.6 Å². The van der Waals surface area contributed by atoms with Crippen LogP contribution in [0.2, 0.25) is 5.02 Å². The highest BCUT2D eigenvalue weighted by atomic mass is 35.5. The van der Waals surface area contributed by atoms with Crippen LogP contribution in [0.1, 0.15) is 54.4 Å². The average Bonchev–Trinajstić information content (AvgIpc) is 3.67. The summed E-state index contributed by atoms with van der Waals surface area (Å²) in [6.45, 7) is 3.99. The topological polar surface area (TPSA) is 187 Å². The van der Waals surface area contributed by atoms with E-state index in [4.69, 9.17) is 21.7 Å². The van der Waals surface area contributed by atoms with Crippen molar-refractivity contribution in [3.8, 4) is 11.5 Å². The number of hydrogen-bond acceptors (Lipinski definition) is 11. The molecule has 4 aromatic rings. The quantitative estimate of drug-likeness (QED) is 0.0892. The Morgan fingerprint density at radius 1 is 1.09 bits per heavy atom. The van der Waals surface area contributed by atoms with Gasteiger partial charge in [0.25, 0.3) is 21.6 Å². The second kappa shape index (κ2) is 15.9. The molecule has 3 aliphatic carbocycles. The van der Waals surface area contributed by atoms with E-state index in [1.165, 1.54) is 67.9 Å². The number of aromatic nitrogens is 2. The van der Waals surface area contributed by atoms with Crippen LogP contribution < -0.4 is 19.7 Å². The van der Waals surface area contributed by atoms with Crippen LogP contribution in [-0.4, -0.2) is 79.6 Å². The molecule has 0 bridgehead atoms. The fraction of sp³-hybridized carbons (Fsp3) is 0.310. The molecule has 14 nitrogen and oxygen atoms in total. The van der Waals surface area contributed by atoms with Crippen molar-refractivity contribution >= 4 is 55.5 Å². The second-order valence-corrected chi connectivity index (χ2v) is 17.4. The summed E-state index contributed by atoms with van der Waals surface area (Å²) in [5.41, 5.74) is 4.82. The van der Waals surface area contributed by atoms with E-state index in [1.54, 1.807) is 24.4 Å². The highest BCUT2D eigenvalue weighted by Gasteiger charge is 2.41. The van der Waals surface area contributed by atoms with E-state index >= 15 is 0 Å². The third-order valence-corrected chi connectivity index (χ3v) is 13.2. The summed E-state index contributed by atoms with van der Waals surface area (Å²) < 4.78 is 35.5. The van der Waals surface area contributed by atoms with Gasteiger partial charge in [-0.05, 0) is 91.1 Å². The number of anilines is 1. The number of amides is 1. The predicted molar refractivity (Wildman–Crippen MR) is 224 cm³/mol. The number of allylic oxidation sites excluding steroid dienone is 4.